The zero-order valence-corrected chi connectivity index (χ0v) is 12.3. The fourth-order valence-corrected chi connectivity index (χ4v) is 3.28. The summed E-state index contributed by atoms with van der Waals surface area (Å²) in [6.07, 6.45) is 3.49. The molecule has 3 heteroatoms. The van der Waals surface area contributed by atoms with E-state index in [1.807, 2.05) is 0 Å². The monoisotopic (exact) mass is 252 g/mol. The van der Waals surface area contributed by atoms with Crippen LogP contribution in [-0.2, 0) is 4.79 Å². The number of amides is 1. The van der Waals surface area contributed by atoms with Crippen molar-refractivity contribution >= 4 is 5.91 Å². The molecule has 3 nitrogen and oxygen atoms in total. The van der Waals surface area contributed by atoms with Crippen LogP contribution in [0.3, 0.4) is 0 Å². The van der Waals surface area contributed by atoms with Gasteiger partial charge in [-0.15, -0.1) is 0 Å². The Morgan fingerprint density at radius 1 is 1.28 bits per heavy atom. The van der Waals surface area contributed by atoms with E-state index in [1.165, 1.54) is 6.42 Å². The quantitative estimate of drug-likeness (QED) is 0.776. The van der Waals surface area contributed by atoms with Crippen LogP contribution in [0.5, 0.6) is 0 Å². The molecule has 2 aliphatic rings. The third-order valence-electron chi connectivity index (χ3n) is 5.02. The van der Waals surface area contributed by atoms with Crippen molar-refractivity contribution in [1.82, 2.24) is 10.2 Å². The fourth-order valence-electron chi connectivity index (χ4n) is 3.28. The highest BCUT2D eigenvalue weighted by Gasteiger charge is 2.40. The molecule has 2 heterocycles. The Morgan fingerprint density at radius 3 is 2.61 bits per heavy atom. The lowest BCUT2D eigenvalue weighted by Crippen LogP contribution is -2.58. The van der Waals surface area contributed by atoms with Gasteiger partial charge in [-0.1, -0.05) is 27.7 Å². The van der Waals surface area contributed by atoms with Crippen LogP contribution < -0.4 is 5.32 Å². The summed E-state index contributed by atoms with van der Waals surface area (Å²) >= 11 is 0. The Bertz CT molecular complexity index is 314. The van der Waals surface area contributed by atoms with E-state index >= 15 is 0 Å². The van der Waals surface area contributed by atoms with Crippen molar-refractivity contribution < 1.29 is 4.79 Å². The van der Waals surface area contributed by atoms with Crippen LogP contribution in [-0.4, -0.2) is 36.5 Å². The summed E-state index contributed by atoms with van der Waals surface area (Å²) in [6, 6.07) is 0.0202. The van der Waals surface area contributed by atoms with E-state index < -0.39 is 0 Å². The number of likely N-dealkylation sites (tertiary alicyclic amines) is 1. The normalized spacial score (nSPS) is 36.4. The Balaban J connectivity index is 2.02. The number of piperidine rings is 2. The summed E-state index contributed by atoms with van der Waals surface area (Å²) in [6.45, 7) is 11.9. The minimum atomic E-state index is 0.0202. The topological polar surface area (TPSA) is 32.3 Å². The maximum absolute atomic E-state index is 12.7. The molecule has 0 aromatic carbocycles. The largest absolute Gasteiger partial charge is 0.341 e. The molecule has 104 valence electrons. The molecule has 18 heavy (non-hydrogen) atoms. The minimum absolute atomic E-state index is 0.0202. The molecule has 1 amide bonds. The first-order chi connectivity index (χ1) is 8.42. The van der Waals surface area contributed by atoms with Crippen LogP contribution in [0.25, 0.3) is 0 Å². The van der Waals surface area contributed by atoms with Crippen molar-refractivity contribution in [1.29, 1.82) is 0 Å². The second-order valence-electron chi connectivity index (χ2n) is 7.01. The van der Waals surface area contributed by atoms with Crippen LogP contribution in [0.1, 0.15) is 47.0 Å². The van der Waals surface area contributed by atoms with E-state index in [1.54, 1.807) is 0 Å². The second-order valence-corrected chi connectivity index (χ2v) is 7.01. The number of nitrogens with zero attached hydrogens (tertiary/aromatic N) is 1. The zero-order chi connectivity index (χ0) is 13.3. The summed E-state index contributed by atoms with van der Waals surface area (Å²) in [7, 11) is 0. The molecular weight excluding hydrogens is 224 g/mol. The van der Waals surface area contributed by atoms with E-state index in [2.05, 4.69) is 37.9 Å². The number of hydrogen-bond acceptors (Lipinski definition) is 2. The van der Waals surface area contributed by atoms with Crippen molar-refractivity contribution in [3.05, 3.63) is 0 Å². The molecule has 2 fully saturated rings. The number of hydrogen-bond donors (Lipinski definition) is 1. The van der Waals surface area contributed by atoms with Gasteiger partial charge in [0.05, 0.1) is 6.04 Å². The minimum Gasteiger partial charge on any atom is -0.341 e. The molecule has 0 bridgehead atoms. The van der Waals surface area contributed by atoms with Gasteiger partial charge in [0.15, 0.2) is 0 Å². The highest BCUT2D eigenvalue weighted by atomic mass is 16.2. The molecule has 0 aliphatic carbocycles. The van der Waals surface area contributed by atoms with Crippen molar-refractivity contribution in [2.75, 3.05) is 19.6 Å². The van der Waals surface area contributed by atoms with Gasteiger partial charge in [-0.25, -0.2) is 0 Å². The average molecular weight is 252 g/mol. The molecule has 3 atom stereocenters. The Kier molecular flexibility index (Phi) is 4.00. The SMILES string of the molecule is CC1CCN(C(=O)C2NCCCC2(C)C)CC1C. The molecule has 2 rings (SSSR count). The van der Waals surface area contributed by atoms with Crippen LogP contribution in [0, 0.1) is 17.3 Å². The number of carbonyl (C=O) groups is 1. The number of carbonyl (C=O) groups excluding carboxylic acids is 1. The summed E-state index contributed by atoms with van der Waals surface area (Å²) in [5, 5.41) is 3.44. The van der Waals surface area contributed by atoms with Gasteiger partial charge < -0.3 is 10.2 Å². The molecule has 2 aliphatic heterocycles. The molecule has 2 saturated heterocycles. The van der Waals surface area contributed by atoms with Gasteiger partial charge in [0.25, 0.3) is 0 Å². The van der Waals surface area contributed by atoms with Crippen molar-refractivity contribution in [2.45, 2.75) is 53.0 Å². The fraction of sp³-hybridized carbons (Fsp3) is 0.933. The van der Waals surface area contributed by atoms with E-state index in [4.69, 9.17) is 0 Å². The molecule has 0 saturated carbocycles. The summed E-state index contributed by atoms with van der Waals surface area (Å²) < 4.78 is 0. The van der Waals surface area contributed by atoms with Gasteiger partial charge in [-0.05, 0) is 43.1 Å². The maximum atomic E-state index is 12.7. The molecule has 0 spiro atoms. The Morgan fingerprint density at radius 2 is 2.00 bits per heavy atom. The average Bonchev–Trinajstić information content (AvgIpc) is 2.31. The Hall–Kier alpha value is -0.570. The van der Waals surface area contributed by atoms with Crippen LogP contribution in [0.2, 0.25) is 0 Å². The molecule has 1 N–H and O–H groups in total. The lowest BCUT2D eigenvalue weighted by molar-refractivity contribution is -0.139. The zero-order valence-electron chi connectivity index (χ0n) is 12.3. The second kappa shape index (κ2) is 5.20. The molecule has 3 unspecified atom stereocenters. The standard InChI is InChI=1S/C15H28N2O/c1-11-6-9-17(10-12(11)2)14(18)13-15(3,4)7-5-8-16-13/h11-13,16H,5-10H2,1-4H3. The van der Waals surface area contributed by atoms with Gasteiger partial charge in [0, 0.05) is 13.1 Å². The van der Waals surface area contributed by atoms with Crippen LogP contribution in [0.15, 0.2) is 0 Å². The van der Waals surface area contributed by atoms with Crippen molar-refractivity contribution in [3.63, 3.8) is 0 Å². The van der Waals surface area contributed by atoms with E-state index in [9.17, 15) is 4.79 Å². The van der Waals surface area contributed by atoms with Crippen molar-refractivity contribution in [3.8, 4) is 0 Å². The number of nitrogens with one attached hydrogen (secondary N) is 1. The summed E-state index contributed by atoms with van der Waals surface area (Å²) in [4.78, 5) is 14.8. The first kappa shape index (κ1) is 13.9. The van der Waals surface area contributed by atoms with Crippen LogP contribution in [0.4, 0.5) is 0 Å². The molecule has 0 aromatic rings. The first-order valence-electron chi connectivity index (χ1n) is 7.44. The van der Waals surface area contributed by atoms with E-state index in [-0.39, 0.29) is 11.5 Å². The predicted octanol–water partition coefficient (Wildman–Crippen LogP) is 2.27. The molecular formula is C15H28N2O. The smallest absolute Gasteiger partial charge is 0.240 e. The highest BCUT2D eigenvalue weighted by molar-refractivity contribution is 5.83. The third-order valence-corrected chi connectivity index (χ3v) is 5.02. The van der Waals surface area contributed by atoms with E-state index in [0.717, 1.165) is 38.4 Å². The lowest BCUT2D eigenvalue weighted by atomic mass is 9.76. The van der Waals surface area contributed by atoms with Gasteiger partial charge in [0.1, 0.15) is 0 Å². The molecule has 0 aromatic heterocycles. The van der Waals surface area contributed by atoms with Gasteiger partial charge in [-0.2, -0.15) is 0 Å². The predicted molar refractivity (Wildman–Crippen MR) is 74.3 cm³/mol. The lowest BCUT2D eigenvalue weighted by Gasteiger charge is -2.43. The number of rotatable bonds is 1. The maximum Gasteiger partial charge on any atom is 0.240 e. The van der Waals surface area contributed by atoms with Gasteiger partial charge in [0.2, 0.25) is 5.91 Å². The van der Waals surface area contributed by atoms with E-state index in [0.29, 0.717) is 11.8 Å². The first-order valence-corrected chi connectivity index (χ1v) is 7.44. The Labute approximate surface area is 111 Å². The highest BCUT2D eigenvalue weighted by Crippen LogP contribution is 2.32. The summed E-state index contributed by atoms with van der Waals surface area (Å²) in [5.41, 5.74) is 0.0988. The van der Waals surface area contributed by atoms with Gasteiger partial charge in [-0.3, -0.25) is 4.79 Å². The van der Waals surface area contributed by atoms with Gasteiger partial charge >= 0.3 is 0 Å². The summed E-state index contributed by atoms with van der Waals surface area (Å²) in [5.74, 6) is 1.72. The molecule has 0 radical (unpaired) electrons. The van der Waals surface area contributed by atoms with Crippen LogP contribution >= 0.6 is 0 Å². The van der Waals surface area contributed by atoms with Crippen molar-refractivity contribution in [2.24, 2.45) is 17.3 Å². The third kappa shape index (κ3) is 2.71.